The molecule has 4 atom stereocenters. The van der Waals surface area contributed by atoms with E-state index in [0.717, 1.165) is 0 Å². The molecule has 212 valence electrons. The summed E-state index contributed by atoms with van der Waals surface area (Å²) < 4.78 is 0. The lowest BCUT2D eigenvalue weighted by Gasteiger charge is -2.27. The molecule has 13 nitrogen and oxygen atoms in total. The molecular formula is C24H43N5O8. The first-order chi connectivity index (χ1) is 17.1. The maximum atomic E-state index is 13.1. The first-order valence-corrected chi connectivity index (χ1v) is 12.4. The summed E-state index contributed by atoms with van der Waals surface area (Å²) >= 11 is 0. The Morgan fingerprint density at radius 3 is 1.32 bits per heavy atom. The van der Waals surface area contributed by atoms with Crippen LogP contribution >= 0.6 is 0 Å². The number of amides is 4. The number of nitrogens with one attached hydrogen (secondary N) is 4. The summed E-state index contributed by atoms with van der Waals surface area (Å²) in [5, 5.41) is 28.4. The summed E-state index contributed by atoms with van der Waals surface area (Å²) in [5.74, 6) is -5.74. The van der Waals surface area contributed by atoms with E-state index in [9.17, 15) is 39.0 Å². The van der Waals surface area contributed by atoms with Gasteiger partial charge in [-0.2, -0.15) is 0 Å². The zero-order chi connectivity index (χ0) is 28.9. The molecule has 37 heavy (non-hydrogen) atoms. The van der Waals surface area contributed by atoms with Gasteiger partial charge in [-0.1, -0.05) is 41.5 Å². The quantitative estimate of drug-likeness (QED) is 0.130. The van der Waals surface area contributed by atoms with E-state index in [1.165, 1.54) is 0 Å². The summed E-state index contributed by atoms with van der Waals surface area (Å²) in [6.07, 6.45) is -0.254. The van der Waals surface area contributed by atoms with Crippen molar-refractivity contribution in [2.75, 3.05) is 6.54 Å². The van der Waals surface area contributed by atoms with Crippen molar-refractivity contribution in [3.05, 3.63) is 0 Å². The molecule has 0 aromatic rings. The van der Waals surface area contributed by atoms with E-state index in [1.54, 1.807) is 27.7 Å². The number of carboxylic acids is 2. The van der Waals surface area contributed by atoms with Gasteiger partial charge in [0.1, 0.15) is 24.2 Å². The highest BCUT2D eigenvalue weighted by Gasteiger charge is 2.33. The molecule has 0 bridgehead atoms. The monoisotopic (exact) mass is 529 g/mol. The third-order valence-electron chi connectivity index (χ3n) is 5.22. The summed E-state index contributed by atoms with van der Waals surface area (Å²) in [6.45, 7) is 10.5. The maximum absolute atomic E-state index is 13.1. The van der Waals surface area contributed by atoms with Crippen LogP contribution in [0.15, 0.2) is 0 Å². The van der Waals surface area contributed by atoms with Crippen LogP contribution < -0.4 is 27.0 Å². The van der Waals surface area contributed by atoms with Crippen LogP contribution in [0.2, 0.25) is 0 Å². The molecule has 13 heteroatoms. The highest BCUT2D eigenvalue weighted by atomic mass is 16.4. The molecule has 0 radical (unpaired) electrons. The van der Waals surface area contributed by atoms with E-state index in [-0.39, 0.29) is 43.6 Å². The van der Waals surface area contributed by atoms with E-state index in [1.807, 2.05) is 13.8 Å². The second-order valence-corrected chi connectivity index (χ2v) is 10.3. The second-order valence-electron chi connectivity index (χ2n) is 10.3. The molecule has 0 fully saturated rings. The molecule has 0 unspecified atom stereocenters. The van der Waals surface area contributed by atoms with Crippen molar-refractivity contribution in [2.45, 2.75) is 91.4 Å². The molecule has 0 aliphatic rings. The number of nitrogens with two attached hydrogens (primary N) is 1. The number of carbonyl (C=O) groups excluding carboxylic acids is 4. The van der Waals surface area contributed by atoms with Crippen LogP contribution in [0, 0.1) is 17.8 Å². The molecule has 0 aromatic carbocycles. The average Bonchev–Trinajstić information content (AvgIpc) is 2.75. The van der Waals surface area contributed by atoms with E-state index < -0.39 is 66.2 Å². The fourth-order valence-corrected chi connectivity index (χ4v) is 3.55. The largest absolute Gasteiger partial charge is 0.481 e. The van der Waals surface area contributed by atoms with E-state index in [2.05, 4.69) is 21.3 Å². The van der Waals surface area contributed by atoms with Crippen LogP contribution in [0.25, 0.3) is 0 Å². The number of rotatable bonds is 17. The Labute approximate surface area is 217 Å². The van der Waals surface area contributed by atoms with Gasteiger partial charge in [-0.15, -0.1) is 0 Å². The average molecular weight is 530 g/mol. The standard InChI is InChI=1S/C24H43N5O8/c1-12(2)7-15(26-19(30)11-25)21(33)27-16(8-13(3)4)22(34)28-17(10-20(31)32)23(35)29-18(24(36)37)9-14(5)6/h12-18H,7-11,25H2,1-6H3,(H,26,30)(H,27,33)(H,28,34)(H,29,35)(H,31,32)(H,36,37)/t15-,16-,17-,18-/m0/s1. The Morgan fingerprint density at radius 1 is 0.595 bits per heavy atom. The van der Waals surface area contributed by atoms with Crippen molar-refractivity contribution in [3.8, 4) is 0 Å². The van der Waals surface area contributed by atoms with Gasteiger partial charge >= 0.3 is 11.9 Å². The molecular weight excluding hydrogens is 486 g/mol. The fourth-order valence-electron chi connectivity index (χ4n) is 3.55. The molecule has 4 amide bonds. The zero-order valence-corrected chi connectivity index (χ0v) is 22.5. The van der Waals surface area contributed by atoms with Crippen LogP contribution in [-0.4, -0.2) is 76.5 Å². The third kappa shape index (κ3) is 14.2. The van der Waals surface area contributed by atoms with Gasteiger partial charge in [0.05, 0.1) is 13.0 Å². The van der Waals surface area contributed by atoms with Crippen molar-refractivity contribution < 1.29 is 39.0 Å². The highest BCUT2D eigenvalue weighted by Crippen LogP contribution is 2.10. The molecule has 0 aromatic heterocycles. The van der Waals surface area contributed by atoms with Crippen molar-refractivity contribution in [1.29, 1.82) is 0 Å². The normalized spacial score (nSPS) is 14.4. The molecule has 0 rings (SSSR count). The van der Waals surface area contributed by atoms with Crippen molar-refractivity contribution in [2.24, 2.45) is 23.5 Å². The van der Waals surface area contributed by atoms with Gasteiger partial charge in [0, 0.05) is 0 Å². The van der Waals surface area contributed by atoms with E-state index >= 15 is 0 Å². The lowest BCUT2D eigenvalue weighted by atomic mass is 9.99. The summed E-state index contributed by atoms with van der Waals surface area (Å²) in [4.78, 5) is 73.5. The lowest BCUT2D eigenvalue weighted by molar-refractivity contribution is -0.144. The molecule has 0 saturated carbocycles. The minimum Gasteiger partial charge on any atom is -0.481 e. The Hall–Kier alpha value is -3.22. The fraction of sp³-hybridized carbons (Fsp3) is 0.750. The summed E-state index contributed by atoms with van der Waals surface area (Å²) in [5.41, 5.74) is 5.34. The van der Waals surface area contributed by atoms with Gasteiger partial charge in [-0.25, -0.2) is 4.79 Å². The Balaban J connectivity index is 5.77. The van der Waals surface area contributed by atoms with Crippen LogP contribution in [0.5, 0.6) is 0 Å². The molecule has 8 N–H and O–H groups in total. The first kappa shape index (κ1) is 33.8. The Morgan fingerprint density at radius 2 is 0.946 bits per heavy atom. The van der Waals surface area contributed by atoms with Crippen LogP contribution in [-0.2, 0) is 28.8 Å². The second kappa shape index (κ2) is 16.5. The van der Waals surface area contributed by atoms with Crippen LogP contribution in [0.4, 0.5) is 0 Å². The summed E-state index contributed by atoms with van der Waals surface area (Å²) in [6, 6.07) is -4.94. The van der Waals surface area contributed by atoms with Gasteiger partial charge in [0.2, 0.25) is 23.6 Å². The van der Waals surface area contributed by atoms with Gasteiger partial charge < -0.3 is 37.2 Å². The Kier molecular flexibility index (Phi) is 15.1. The SMILES string of the molecule is CC(C)C[C@H](NC(=O)[C@H](CC(=O)O)NC(=O)[C@H](CC(C)C)NC(=O)[C@H](CC(C)C)NC(=O)CN)C(=O)O. The number of hydrogen-bond acceptors (Lipinski definition) is 7. The number of carboxylic acid groups (broad SMARTS) is 2. The minimum absolute atomic E-state index is 0.0304. The topological polar surface area (TPSA) is 217 Å². The van der Waals surface area contributed by atoms with E-state index in [0.29, 0.717) is 0 Å². The van der Waals surface area contributed by atoms with E-state index in [4.69, 9.17) is 5.73 Å². The van der Waals surface area contributed by atoms with Gasteiger partial charge in [-0.05, 0) is 37.0 Å². The third-order valence-corrected chi connectivity index (χ3v) is 5.22. The highest BCUT2D eigenvalue weighted by molar-refractivity contribution is 5.96. The van der Waals surface area contributed by atoms with Gasteiger partial charge in [-0.3, -0.25) is 24.0 Å². The number of hydrogen-bond donors (Lipinski definition) is 7. The summed E-state index contributed by atoms with van der Waals surface area (Å²) in [7, 11) is 0. The molecule has 0 saturated heterocycles. The first-order valence-electron chi connectivity index (χ1n) is 12.4. The molecule has 0 aliphatic heterocycles. The van der Waals surface area contributed by atoms with Crippen molar-refractivity contribution in [3.63, 3.8) is 0 Å². The molecule has 0 heterocycles. The zero-order valence-electron chi connectivity index (χ0n) is 22.5. The number of aliphatic carboxylic acids is 2. The smallest absolute Gasteiger partial charge is 0.326 e. The Bertz CT molecular complexity index is 815. The predicted octanol–water partition coefficient (Wildman–Crippen LogP) is -0.418. The lowest BCUT2D eigenvalue weighted by Crippen LogP contribution is -2.58. The van der Waals surface area contributed by atoms with Crippen LogP contribution in [0.3, 0.4) is 0 Å². The maximum Gasteiger partial charge on any atom is 0.326 e. The minimum atomic E-state index is -1.58. The molecule has 0 spiro atoms. The van der Waals surface area contributed by atoms with Crippen molar-refractivity contribution in [1.82, 2.24) is 21.3 Å². The predicted molar refractivity (Wildman–Crippen MR) is 135 cm³/mol. The number of carbonyl (C=O) groups is 6. The van der Waals surface area contributed by atoms with Crippen LogP contribution in [0.1, 0.15) is 67.2 Å². The van der Waals surface area contributed by atoms with Gasteiger partial charge in [0.15, 0.2) is 0 Å². The van der Waals surface area contributed by atoms with Gasteiger partial charge in [0.25, 0.3) is 0 Å². The molecule has 0 aliphatic carbocycles. The van der Waals surface area contributed by atoms with Crippen molar-refractivity contribution >= 4 is 35.6 Å².